The van der Waals surface area contributed by atoms with Gasteiger partial charge in [-0.15, -0.1) is 12.4 Å². The molecule has 1 aromatic carbocycles. The molecular weight excluding hydrogens is 269 g/mol. The number of benzene rings is 1. The van der Waals surface area contributed by atoms with Gasteiger partial charge in [0.1, 0.15) is 5.54 Å². The summed E-state index contributed by atoms with van der Waals surface area (Å²) in [6.07, 6.45) is 3.68. The van der Waals surface area contributed by atoms with Crippen LogP contribution in [0.3, 0.4) is 0 Å². The zero-order valence-electron chi connectivity index (χ0n) is 10.5. The fourth-order valence-electron chi connectivity index (χ4n) is 2.66. The Balaban J connectivity index is 0.00000162. The summed E-state index contributed by atoms with van der Waals surface area (Å²) < 4.78 is 0. The first-order chi connectivity index (χ1) is 8.19. The van der Waals surface area contributed by atoms with Crippen LogP contribution in [-0.4, -0.2) is 12.3 Å². The van der Waals surface area contributed by atoms with Crippen LogP contribution < -0.4 is 5.32 Å². The monoisotopic (exact) mass is 287 g/mol. The van der Waals surface area contributed by atoms with Crippen molar-refractivity contribution in [3.8, 4) is 0 Å². The molecule has 18 heavy (non-hydrogen) atoms. The van der Waals surface area contributed by atoms with E-state index in [9.17, 15) is 4.79 Å². The second-order valence-corrected chi connectivity index (χ2v) is 5.01. The summed E-state index contributed by atoms with van der Waals surface area (Å²) in [5.74, 6) is 0.313. The van der Waals surface area contributed by atoms with Gasteiger partial charge < -0.3 is 5.32 Å². The van der Waals surface area contributed by atoms with E-state index < -0.39 is 5.54 Å². The summed E-state index contributed by atoms with van der Waals surface area (Å²) in [4.78, 5) is 12.3. The van der Waals surface area contributed by atoms with Crippen LogP contribution in [0.1, 0.15) is 38.2 Å². The van der Waals surface area contributed by atoms with Gasteiger partial charge in [0.25, 0.3) is 0 Å². The van der Waals surface area contributed by atoms with Crippen molar-refractivity contribution in [1.29, 1.82) is 0 Å². The SMILES string of the molecule is CCNC1(c2ccc(Cl)cc2)CCCCC1=O.Cl. The molecule has 0 heterocycles. The molecule has 1 aliphatic rings. The Bertz CT molecular complexity index is 401. The average molecular weight is 288 g/mol. The summed E-state index contributed by atoms with van der Waals surface area (Å²) in [6, 6.07) is 7.65. The van der Waals surface area contributed by atoms with Crippen molar-refractivity contribution in [3.63, 3.8) is 0 Å². The molecule has 4 heteroatoms. The topological polar surface area (TPSA) is 29.1 Å². The molecular formula is C14H19Cl2NO. The maximum Gasteiger partial charge on any atom is 0.157 e. The van der Waals surface area contributed by atoms with Crippen LogP contribution in [0, 0.1) is 0 Å². The molecule has 0 bridgehead atoms. The van der Waals surface area contributed by atoms with E-state index in [2.05, 4.69) is 5.32 Å². The van der Waals surface area contributed by atoms with Crippen LogP contribution in [0.5, 0.6) is 0 Å². The number of halogens is 2. The van der Waals surface area contributed by atoms with Gasteiger partial charge in [0, 0.05) is 11.4 Å². The minimum absolute atomic E-state index is 0. The van der Waals surface area contributed by atoms with E-state index in [1.54, 1.807) is 0 Å². The maximum absolute atomic E-state index is 12.3. The summed E-state index contributed by atoms with van der Waals surface area (Å²) >= 11 is 5.90. The molecule has 1 aromatic rings. The van der Waals surface area contributed by atoms with Crippen LogP contribution in [0.15, 0.2) is 24.3 Å². The van der Waals surface area contributed by atoms with Crippen LogP contribution in [-0.2, 0) is 10.3 Å². The van der Waals surface area contributed by atoms with Crippen LogP contribution >= 0.6 is 24.0 Å². The van der Waals surface area contributed by atoms with Crippen molar-refractivity contribution < 1.29 is 4.79 Å². The second-order valence-electron chi connectivity index (χ2n) is 4.57. The minimum Gasteiger partial charge on any atom is -0.302 e. The molecule has 0 radical (unpaired) electrons. The normalized spacial score (nSPS) is 23.6. The fraction of sp³-hybridized carbons (Fsp3) is 0.500. The first-order valence-corrected chi connectivity index (χ1v) is 6.61. The highest BCUT2D eigenvalue weighted by Crippen LogP contribution is 2.34. The van der Waals surface area contributed by atoms with Crippen molar-refractivity contribution in [2.45, 2.75) is 38.1 Å². The van der Waals surface area contributed by atoms with Gasteiger partial charge in [-0.1, -0.05) is 37.1 Å². The molecule has 0 aliphatic heterocycles. The summed E-state index contributed by atoms with van der Waals surface area (Å²) in [6.45, 7) is 2.84. The highest BCUT2D eigenvalue weighted by molar-refractivity contribution is 6.30. The van der Waals surface area contributed by atoms with E-state index in [4.69, 9.17) is 11.6 Å². The lowest BCUT2D eigenvalue weighted by atomic mass is 9.75. The van der Waals surface area contributed by atoms with Gasteiger partial charge in [-0.05, 0) is 37.1 Å². The van der Waals surface area contributed by atoms with Gasteiger partial charge in [0.2, 0.25) is 0 Å². The minimum atomic E-state index is -0.475. The van der Waals surface area contributed by atoms with Crippen LogP contribution in [0.25, 0.3) is 0 Å². The average Bonchev–Trinajstić information content (AvgIpc) is 2.33. The number of nitrogens with one attached hydrogen (secondary N) is 1. The molecule has 0 aromatic heterocycles. The molecule has 0 saturated heterocycles. The van der Waals surface area contributed by atoms with E-state index in [-0.39, 0.29) is 12.4 Å². The standard InChI is InChI=1S/C14H18ClNO.ClH/c1-2-16-14(10-4-3-5-13(14)17)11-6-8-12(15)9-7-11;/h6-9,16H,2-5,10H2,1H3;1H. The molecule has 2 rings (SSSR count). The molecule has 0 amide bonds. The van der Waals surface area contributed by atoms with Crippen molar-refractivity contribution in [2.75, 3.05) is 6.54 Å². The lowest BCUT2D eigenvalue weighted by Crippen LogP contribution is -2.50. The molecule has 1 aliphatic carbocycles. The van der Waals surface area contributed by atoms with Crippen molar-refractivity contribution in [2.24, 2.45) is 0 Å². The Hall–Kier alpha value is -0.570. The summed E-state index contributed by atoms with van der Waals surface area (Å²) in [5, 5.41) is 4.10. The molecule has 1 N–H and O–H groups in total. The molecule has 100 valence electrons. The van der Waals surface area contributed by atoms with Crippen LogP contribution in [0.2, 0.25) is 5.02 Å². The number of carbonyl (C=O) groups excluding carboxylic acids is 1. The second kappa shape index (κ2) is 6.55. The Morgan fingerprint density at radius 1 is 1.28 bits per heavy atom. The Kier molecular flexibility index (Phi) is 5.64. The number of ketones is 1. The third-order valence-corrected chi connectivity index (χ3v) is 3.75. The largest absolute Gasteiger partial charge is 0.302 e. The molecule has 1 fully saturated rings. The Labute approximate surface area is 120 Å². The molecule has 1 unspecified atom stereocenters. The molecule has 0 spiro atoms. The number of Topliss-reactive ketones (excluding diaryl/α,β-unsaturated/α-hetero) is 1. The summed E-state index contributed by atoms with van der Waals surface area (Å²) in [5.41, 5.74) is 0.575. The first kappa shape index (κ1) is 15.5. The number of hydrogen-bond donors (Lipinski definition) is 1. The third kappa shape index (κ3) is 2.87. The van der Waals surface area contributed by atoms with Gasteiger partial charge in [0.05, 0.1) is 0 Å². The molecule has 1 atom stereocenters. The summed E-state index contributed by atoms with van der Waals surface area (Å²) in [7, 11) is 0. The quantitative estimate of drug-likeness (QED) is 0.918. The Morgan fingerprint density at radius 2 is 1.94 bits per heavy atom. The lowest BCUT2D eigenvalue weighted by Gasteiger charge is -2.37. The number of likely N-dealkylation sites (N-methyl/N-ethyl adjacent to an activating group) is 1. The number of rotatable bonds is 3. The third-order valence-electron chi connectivity index (χ3n) is 3.50. The van der Waals surface area contributed by atoms with Crippen molar-refractivity contribution in [3.05, 3.63) is 34.9 Å². The number of hydrogen-bond acceptors (Lipinski definition) is 2. The van der Waals surface area contributed by atoms with E-state index in [1.807, 2.05) is 31.2 Å². The fourth-order valence-corrected chi connectivity index (χ4v) is 2.79. The zero-order valence-corrected chi connectivity index (χ0v) is 12.1. The van der Waals surface area contributed by atoms with Gasteiger partial charge in [-0.3, -0.25) is 4.79 Å². The number of carbonyl (C=O) groups is 1. The zero-order chi connectivity index (χ0) is 12.3. The van der Waals surface area contributed by atoms with Gasteiger partial charge in [-0.25, -0.2) is 0 Å². The first-order valence-electron chi connectivity index (χ1n) is 6.23. The smallest absolute Gasteiger partial charge is 0.157 e. The van der Waals surface area contributed by atoms with Gasteiger partial charge in [-0.2, -0.15) is 0 Å². The van der Waals surface area contributed by atoms with E-state index in [1.165, 1.54) is 0 Å². The maximum atomic E-state index is 12.3. The predicted octanol–water partition coefficient (Wildman–Crippen LogP) is 3.71. The van der Waals surface area contributed by atoms with Gasteiger partial charge >= 0.3 is 0 Å². The lowest BCUT2D eigenvalue weighted by molar-refractivity contribution is -0.128. The van der Waals surface area contributed by atoms with Gasteiger partial charge in [0.15, 0.2) is 5.78 Å². The molecule has 1 saturated carbocycles. The van der Waals surface area contributed by atoms with Crippen molar-refractivity contribution >= 4 is 29.8 Å². The molecule has 2 nitrogen and oxygen atoms in total. The van der Waals surface area contributed by atoms with E-state index >= 15 is 0 Å². The Morgan fingerprint density at radius 3 is 2.50 bits per heavy atom. The highest BCUT2D eigenvalue weighted by Gasteiger charge is 2.40. The van der Waals surface area contributed by atoms with E-state index in [0.29, 0.717) is 17.2 Å². The van der Waals surface area contributed by atoms with E-state index in [0.717, 1.165) is 31.4 Å². The highest BCUT2D eigenvalue weighted by atomic mass is 35.5. The van der Waals surface area contributed by atoms with Crippen molar-refractivity contribution in [1.82, 2.24) is 5.32 Å². The van der Waals surface area contributed by atoms with Crippen LogP contribution in [0.4, 0.5) is 0 Å². The predicted molar refractivity (Wildman–Crippen MR) is 77.5 cm³/mol.